The van der Waals surface area contributed by atoms with E-state index in [9.17, 15) is 15.0 Å². The van der Waals surface area contributed by atoms with Crippen molar-refractivity contribution in [1.82, 2.24) is 5.32 Å². The summed E-state index contributed by atoms with van der Waals surface area (Å²) in [5.74, 6) is -0.0998. The van der Waals surface area contributed by atoms with Gasteiger partial charge < -0.3 is 15.5 Å². The molecule has 0 aliphatic carbocycles. The van der Waals surface area contributed by atoms with Gasteiger partial charge in [-0.2, -0.15) is 0 Å². The number of hydrogen-bond acceptors (Lipinski definition) is 3. The highest BCUT2D eigenvalue weighted by molar-refractivity contribution is 5.82. The molecular formula is C14H21NO3. The average molecular weight is 251 g/mol. The van der Waals surface area contributed by atoms with Gasteiger partial charge >= 0.3 is 0 Å². The molecule has 1 amide bonds. The fourth-order valence-electron chi connectivity index (χ4n) is 1.81. The number of carbonyl (C=O) groups excluding carboxylic acids is 1. The molecule has 4 heteroatoms. The summed E-state index contributed by atoms with van der Waals surface area (Å²) >= 11 is 0. The number of carbonyl (C=O) groups is 1. The van der Waals surface area contributed by atoms with Crippen LogP contribution in [0.4, 0.5) is 0 Å². The molecule has 18 heavy (non-hydrogen) atoms. The summed E-state index contributed by atoms with van der Waals surface area (Å²) in [6.07, 6.45) is -0.503. The molecule has 4 nitrogen and oxygen atoms in total. The van der Waals surface area contributed by atoms with Crippen molar-refractivity contribution >= 4 is 5.91 Å². The molecular weight excluding hydrogens is 230 g/mol. The molecule has 2 atom stereocenters. The van der Waals surface area contributed by atoms with Crippen LogP contribution in [0.3, 0.4) is 0 Å². The van der Waals surface area contributed by atoms with Gasteiger partial charge in [0.05, 0.1) is 12.6 Å². The Morgan fingerprint density at radius 1 is 1.28 bits per heavy atom. The standard InChI is InChI=1S/C14H21NO3/c1-10(2)8-12(9-16)15-14(18)13(17)11-6-4-3-5-7-11/h3-7,10,12-13,16-17H,8-9H2,1-2H3,(H,15,18)/t12?,13-/m1/s1. The molecule has 0 aliphatic rings. The van der Waals surface area contributed by atoms with E-state index in [1.165, 1.54) is 0 Å². The van der Waals surface area contributed by atoms with Crippen molar-refractivity contribution in [2.45, 2.75) is 32.4 Å². The van der Waals surface area contributed by atoms with Crippen LogP contribution in [0.5, 0.6) is 0 Å². The van der Waals surface area contributed by atoms with Crippen molar-refractivity contribution in [2.75, 3.05) is 6.61 Å². The van der Waals surface area contributed by atoms with Gasteiger partial charge in [-0.15, -0.1) is 0 Å². The maximum Gasteiger partial charge on any atom is 0.253 e. The predicted octanol–water partition coefficient (Wildman–Crippen LogP) is 1.24. The third-order valence-electron chi connectivity index (χ3n) is 2.69. The Labute approximate surface area is 108 Å². The normalized spacial score (nSPS) is 14.3. The largest absolute Gasteiger partial charge is 0.394 e. The third kappa shape index (κ3) is 4.47. The van der Waals surface area contributed by atoms with Crippen LogP contribution in [0, 0.1) is 5.92 Å². The zero-order valence-corrected chi connectivity index (χ0v) is 10.8. The Morgan fingerprint density at radius 2 is 1.89 bits per heavy atom. The highest BCUT2D eigenvalue weighted by Crippen LogP contribution is 2.13. The first-order valence-electron chi connectivity index (χ1n) is 6.18. The van der Waals surface area contributed by atoms with Crippen molar-refractivity contribution in [3.05, 3.63) is 35.9 Å². The number of amides is 1. The smallest absolute Gasteiger partial charge is 0.253 e. The van der Waals surface area contributed by atoms with E-state index in [1.54, 1.807) is 24.3 Å². The lowest BCUT2D eigenvalue weighted by Crippen LogP contribution is -2.41. The molecule has 1 unspecified atom stereocenters. The Balaban J connectivity index is 2.59. The molecule has 1 aromatic carbocycles. The quantitative estimate of drug-likeness (QED) is 0.712. The van der Waals surface area contributed by atoms with E-state index in [2.05, 4.69) is 5.32 Å². The fraction of sp³-hybridized carbons (Fsp3) is 0.500. The number of aliphatic hydroxyl groups excluding tert-OH is 2. The maximum absolute atomic E-state index is 11.8. The number of benzene rings is 1. The van der Waals surface area contributed by atoms with Crippen LogP contribution in [-0.2, 0) is 4.79 Å². The number of nitrogens with one attached hydrogen (secondary N) is 1. The summed E-state index contributed by atoms with van der Waals surface area (Å²) in [7, 11) is 0. The Kier molecular flexibility index (Phi) is 5.82. The van der Waals surface area contributed by atoms with Crippen LogP contribution in [-0.4, -0.2) is 28.8 Å². The van der Waals surface area contributed by atoms with Gasteiger partial charge in [0.2, 0.25) is 0 Å². The molecule has 0 aliphatic heterocycles. The summed E-state index contributed by atoms with van der Waals surface area (Å²) in [6.45, 7) is 3.91. The molecule has 3 N–H and O–H groups in total. The summed E-state index contributed by atoms with van der Waals surface area (Å²) in [6, 6.07) is 8.44. The minimum absolute atomic E-state index is 0.120. The second-order valence-electron chi connectivity index (χ2n) is 4.83. The van der Waals surface area contributed by atoms with Gasteiger partial charge in [0.15, 0.2) is 6.10 Å². The van der Waals surface area contributed by atoms with Crippen LogP contribution in [0.15, 0.2) is 30.3 Å². The lowest BCUT2D eigenvalue weighted by molar-refractivity contribution is -0.130. The summed E-state index contributed by atoms with van der Waals surface area (Å²) in [5.41, 5.74) is 0.552. The first-order chi connectivity index (χ1) is 8.54. The molecule has 100 valence electrons. The number of aliphatic hydroxyl groups is 2. The zero-order valence-electron chi connectivity index (χ0n) is 10.8. The Bertz CT molecular complexity index is 365. The first kappa shape index (κ1) is 14.7. The van der Waals surface area contributed by atoms with Gasteiger partial charge in [-0.05, 0) is 17.9 Å². The number of rotatable bonds is 6. The fourth-order valence-corrected chi connectivity index (χ4v) is 1.81. The molecule has 0 radical (unpaired) electrons. The van der Waals surface area contributed by atoms with Crippen LogP contribution in [0.25, 0.3) is 0 Å². The van der Waals surface area contributed by atoms with Gasteiger partial charge in [0.1, 0.15) is 0 Å². The molecule has 0 bridgehead atoms. The van der Waals surface area contributed by atoms with Crippen molar-refractivity contribution in [1.29, 1.82) is 0 Å². The minimum atomic E-state index is -1.19. The molecule has 0 aromatic heterocycles. The molecule has 1 aromatic rings. The van der Waals surface area contributed by atoms with Crippen molar-refractivity contribution < 1.29 is 15.0 Å². The molecule has 0 spiro atoms. The van der Waals surface area contributed by atoms with Gasteiger partial charge in [-0.1, -0.05) is 44.2 Å². The topological polar surface area (TPSA) is 69.6 Å². The molecule has 0 heterocycles. The SMILES string of the molecule is CC(C)CC(CO)NC(=O)[C@H](O)c1ccccc1. The molecule has 0 saturated carbocycles. The van der Waals surface area contributed by atoms with Gasteiger partial charge in [0.25, 0.3) is 5.91 Å². The monoisotopic (exact) mass is 251 g/mol. The van der Waals surface area contributed by atoms with Crippen LogP contribution in [0.2, 0.25) is 0 Å². The number of hydrogen-bond donors (Lipinski definition) is 3. The van der Waals surface area contributed by atoms with Crippen LogP contribution < -0.4 is 5.32 Å². The summed E-state index contributed by atoms with van der Waals surface area (Å²) in [4.78, 5) is 11.8. The molecule has 0 saturated heterocycles. The van der Waals surface area contributed by atoms with Crippen molar-refractivity contribution in [2.24, 2.45) is 5.92 Å². The van der Waals surface area contributed by atoms with Gasteiger partial charge in [-0.3, -0.25) is 4.79 Å². The van der Waals surface area contributed by atoms with Crippen molar-refractivity contribution in [3.8, 4) is 0 Å². The lowest BCUT2D eigenvalue weighted by Gasteiger charge is -2.20. The highest BCUT2D eigenvalue weighted by Gasteiger charge is 2.20. The van der Waals surface area contributed by atoms with Gasteiger partial charge in [-0.25, -0.2) is 0 Å². The average Bonchev–Trinajstić information content (AvgIpc) is 2.37. The van der Waals surface area contributed by atoms with E-state index in [-0.39, 0.29) is 12.6 Å². The van der Waals surface area contributed by atoms with E-state index in [0.717, 1.165) is 0 Å². The second kappa shape index (κ2) is 7.13. The minimum Gasteiger partial charge on any atom is -0.394 e. The first-order valence-corrected chi connectivity index (χ1v) is 6.18. The Hall–Kier alpha value is -1.39. The maximum atomic E-state index is 11.8. The van der Waals surface area contributed by atoms with E-state index in [4.69, 9.17) is 0 Å². The van der Waals surface area contributed by atoms with E-state index in [0.29, 0.717) is 17.9 Å². The highest BCUT2D eigenvalue weighted by atomic mass is 16.3. The van der Waals surface area contributed by atoms with Crippen molar-refractivity contribution in [3.63, 3.8) is 0 Å². The Morgan fingerprint density at radius 3 is 2.39 bits per heavy atom. The molecule has 0 fully saturated rings. The van der Waals surface area contributed by atoms with E-state index >= 15 is 0 Å². The van der Waals surface area contributed by atoms with Gasteiger partial charge in [0, 0.05) is 0 Å². The molecule has 1 rings (SSSR count). The second-order valence-corrected chi connectivity index (χ2v) is 4.83. The lowest BCUT2D eigenvalue weighted by atomic mass is 10.0. The predicted molar refractivity (Wildman–Crippen MR) is 69.9 cm³/mol. The van der Waals surface area contributed by atoms with Crippen LogP contribution >= 0.6 is 0 Å². The van der Waals surface area contributed by atoms with Crippen LogP contribution in [0.1, 0.15) is 31.9 Å². The van der Waals surface area contributed by atoms with E-state index < -0.39 is 12.0 Å². The summed E-state index contributed by atoms with van der Waals surface area (Å²) in [5, 5.41) is 21.7. The zero-order chi connectivity index (χ0) is 13.5. The summed E-state index contributed by atoms with van der Waals surface area (Å²) < 4.78 is 0. The third-order valence-corrected chi connectivity index (χ3v) is 2.69. The van der Waals surface area contributed by atoms with E-state index in [1.807, 2.05) is 19.9 Å².